The van der Waals surface area contributed by atoms with Crippen LogP contribution in [0.4, 0.5) is 10.1 Å². The van der Waals surface area contributed by atoms with Gasteiger partial charge in [-0.1, -0.05) is 36.4 Å². The number of carbonyl (C=O) groups excluding carboxylic acids is 2. The normalized spacial score (nSPS) is 15.1. The minimum Gasteiger partial charge on any atom is -0.452 e. The number of esters is 1. The molecule has 9 heteroatoms. The Morgan fingerprint density at radius 1 is 1.06 bits per heavy atom. The van der Waals surface area contributed by atoms with Crippen molar-refractivity contribution in [3.05, 3.63) is 94.8 Å². The van der Waals surface area contributed by atoms with E-state index in [4.69, 9.17) is 4.74 Å². The standard InChI is InChI=1S/C26H25FN2O5S/c1-17-15-19(13-14-22(17)27)35(32,33)29-24-11-5-4-10-21(24)26(31)34-16-25(30)28-23-12-6-8-18-7-2-3-9-20(18)23/h2-5,7,9-11,13-15,23,29H,6,8,12,16H2,1H3,(H,28,30). The average Bonchev–Trinajstić information content (AvgIpc) is 2.84. The fourth-order valence-electron chi connectivity index (χ4n) is 4.09. The van der Waals surface area contributed by atoms with E-state index in [0.29, 0.717) is 0 Å². The highest BCUT2D eigenvalue weighted by Gasteiger charge is 2.23. The maximum Gasteiger partial charge on any atom is 0.340 e. The molecule has 3 aromatic rings. The lowest BCUT2D eigenvalue weighted by Crippen LogP contribution is -2.34. The Morgan fingerprint density at radius 3 is 2.60 bits per heavy atom. The van der Waals surface area contributed by atoms with Crippen molar-refractivity contribution >= 4 is 27.6 Å². The molecule has 0 saturated carbocycles. The van der Waals surface area contributed by atoms with E-state index in [9.17, 15) is 22.4 Å². The van der Waals surface area contributed by atoms with Crippen molar-refractivity contribution in [2.45, 2.75) is 37.1 Å². The van der Waals surface area contributed by atoms with Gasteiger partial charge in [0.05, 0.1) is 22.2 Å². The van der Waals surface area contributed by atoms with E-state index in [1.54, 1.807) is 12.1 Å². The van der Waals surface area contributed by atoms with E-state index in [-0.39, 0.29) is 27.8 Å². The lowest BCUT2D eigenvalue weighted by molar-refractivity contribution is -0.125. The Bertz CT molecular complexity index is 1370. The minimum atomic E-state index is -4.09. The summed E-state index contributed by atoms with van der Waals surface area (Å²) in [5, 5.41) is 2.91. The summed E-state index contributed by atoms with van der Waals surface area (Å²) in [5.74, 6) is -1.82. The molecule has 182 valence electrons. The van der Waals surface area contributed by atoms with Gasteiger partial charge in [-0.05, 0) is 73.2 Å². The van der Waals surface area contributed by atoms with Gasteiger partial charge < -0.3 is 10.1 Å². The summed E-state index contributed by atoms with van der Waals surface area (Å²) in [4.78, 5) is 25.0. The maximum absolute atomic E-state index is 13.5. The summed E-state index contributed by atoms with van der Waals surface area (Å²) >= 11 is 0. The number of hydrogen-bond donors (Lipinski definition) is 2. The Hall–Kier alpha value is -3.72. The van der Waals surface area contributed by atoms with Crippen molar-refractivity contribution in [2.75, 3.05) is 11.3 Å². The number of sulfonamides is 1. The second-order valence-electron chi connectivity index (χ2n) is 8.35. The molecule has 1 aliphatic carbocycles. The first-order valence-electron chi connectivity index (χ1n) is 11.2. The number of anilines is 1. The van der Waals surface area contributed by atoms with Crippen LogP contribution in [0.5, 0.6) is 0 Å². The summed E-state index contributed by atoms with van der Waals surface area (Å²) in [6.45, 7) is 0.951. The highest BCUT2D eigenvalue weighted by molar-refractivity contribution is 7.92. The molecule has 7 nitrogen and oxygen atoms in total. The molecule has 0 heterocycles. The van der Waals surface area contributed by atoms with Crippen molar-refractivity contribution in [3.8, 4) is 0 Å². The Kier molecular flexibility index (Phi) is 7.16. The Morgan fingerprint density at radius 2 is 1.80 bits per heavy atom. The topological polar surface area (TPSA) is 102 Å². The van der Waals surface area contributed by atoms with Gasteiger partial charge in [0.15, 0.2) is 6.61 Å². The van der Waals surface area contributed by atoms with E-state index < -0.39 is 34.3 Å². The fraction of sp³-hybridized carbons (Fsp3) is 0.231. The molecule has 0 bridgehead atoms. The highest BCUT2D eigenvalue weighted by Crippen LogP contribution is 2.29. The van der Waals surface area contributed by atoms with Gasteiger partial charge in [-0.15, -0.1) is 0 Å². The van der Waals surface area contributed by atoms with Crippen LogP contribution in [0.3, 0.4) is 0 Å². The molecule has 0 aromatic heterocycles. The second-order valence-corrected chi connectivity index (χ2v) is 10.0. The number of rotatable bonds is 7. The molecule has 0 spiro atoms. The number of hydrogen-bond acceptors (Lipinski definition) is 5. The number of ether oxygens (including phenoxy) is 1. The molecular weight excluding hydrogens is 471 g/mol. The van der Waals surface area contributed by atoms with E-state index in [0.717, 1.165) is 37.0 Å². The molecule has 0 saturated heterocycles. The highest BCUT2D eigenvalue weighted by atomic mass is 32.2. The first-order valence-corrected chi connectivity index (χ1v) is 12.7. The van der Waals surface area contributed by atoms with Crippen molar-refractivity contribution in [1.82, 2.24) is 5.32 Å². The number of fused-ring (bicyclic) bond motifs is 1. The van der Waals surface area contributed by atoms with Crippen LogP contribution in [0.25, 0.3) is 0 Å². The second kappa shape index (κ2) is 10.3. The van der Waals surface area contributed by atoms with Crippen LogP contribution in [0, 0.1) is 12.7 Å². The fourth-order valence-corrected chi connectivity index (χ4v) is 5.25. The van der Waals surface area contributed by atoms with Gasteiger partial charge in [-0.2, -0.15) is 0 Å². The molecule has 3 aromatic carbocycles. The largest absolute Gasteiger partial charge is 0.452 e. The summed E-state index contributed by atoms with van der Waals surface area (Å²) < 4.78 is 46.6. The van der Waals surface area contributed by atoms with E-state index in [1.165, 1.54) is 30.7 Å². The number of nitrogens with one attached hydrogen (secondary N) is 2. The quantitative estimate of drug-likeness (QED) is 0.476. The number of benzene rings is 3. The van der Waals surface area contributed by atoms with Crippen molar-refractivity contribution in [2.24, 2.45) is 0 Å². The molecule has 1 atom stereocenters. The number of aryl methyl sites for hydroxylation is 2. The van der Waals surface area contributed by atoms with Gasteiger partial charge >= 0.3 is 5.97 Å². The van der Waals surface area contributed by atoms with Crippen LogP contribution in [0.1, 0.15) is 45.9 Å². The van der Waals surface area contributed by atoms with E-state index in [2.05, 4.69) is 10.0 Å². The average molecular weight is 497 g/mol. The number of amides is 1. The minimum absolute atomic E-state index is 0.0129. The zero-order chi connectivity index (χ0) is 25.0. The van der Waals surface area contributed by atoms with Crippen LogP contribution in [-0.2, 0) is 26.0 Å². The Labute approximate surface area is 203 Å². The zero-order valence-corrected chi connectivity index (χ0v) is 19.9. The van der Waals surface area contributed by atoms with Gasteiger partial charge in [-0.3, -0.25) is 9.52 Å². The van der Waals surface area contributed by atoms with Gasteiger partial charge in [0.1, 0.15) is 5.82 Å². The van der Waals surface area contributed by atoms with Crippen molar-refractivity contribution < 1.29 is 27.1 Å². The lowest BCUT2D eigenvalue weighted by Gasteiger charge is -2.26. The molecule has 0 fully saturated rings. The molecule has 0 radical (unpaired) electrons. The molecule has 35 heavy (non-hydrogen) atoms. The first kappa shape index (κ1) is 24.4. The molecular formula is C26H25FN2O5S. The smallest absolute Gasteiger partial charge is 0.340 e. The first-order chi connectivity index (χ1) is 16.7. The molecule has 0 aliphatic heterocycles. The zero-order valence-electron chi connectivity index (χ0n) is 19.1. The third-order valence-corrected chi connectivity index (χ3v) is 7.23. The van der Waals surface area contributed by atoms with Crippen LogP contribution in [0.2, 0.25) is 0 Å². The summed E-state index contributed by atoms with van der Waals surface area (Å²) in [6.07, 6.45) is 2.70. The summed E-state index contributed by atoms with van der Waals surface area (Å²) in [7, 11) is -4.09. The van der Waals surface area contributed by atoms with Crippen molar-refractivity contribution in [3.63, 3.8) is 0 Å². The predicted molar refractivity (Wildman–Crippen MR) is 129 cm³/mol. The van der Waals surface area contributed by atoms with Crippen LogP contribution in [-0.4, -0.2) is 26.9 Å². The number of para-hydroxylation sites is 1. The van der Waals surface area contributed by atoms with Gasteiger partial charge in [0.2, 0.25) is 0 Å². The van der Waals surface area contributed by atoms with Crippen LogP contribution >= 0.6 is 0 Å². The third kappa shape index (κ3) is 5.68. The molecule has 1 amide bonds. The van der Waals surface area contributed by atoms with Gasteiger partial charge in [-0.25, -0.2) is 17.6 Å². The molecule has 2 N–H and O–H groups in total. The predicted octanol–water partition coefficient (Wildman–Crippen LogP) is 4.29. The summed E-state index contributed by atoms with van der Waals surface area (Å²) in [5.41, 5.74) is 2.37. The number of halogens is 1. The SMILES string of the molecule is Cc1cc(S(=O)(=O)Nc2ccccc2C(=O)OCC(=O)NC2CCCc3ccccc32)ccc1F. The molecule has 1 unspecified atom stereocenters. The Balaban J connectivity index is 1.42. The molecule has 4 rings (SSSR count). The maximum atomic E-state index is 13.5. The van der Waals surface area contributed by atoms with E-state index >= 15 is 0 Å². The van der Waals surface area contributed by atoms with Gasteiger partial charge in [0.25, 0.3) is 15.9 Å². The van der Waals surface area contributed by atoms with E-state index in [1.807, 2.05) is 24.3 Å². The number of carbonyl (C=O) groups is 2. The van der Waals surface area contributed by atoms with Crippen LogP contribution < -0.4 is 10.0 Å². The van der Waals surface area contributed by atoms with Crippen LogP contribution in [0.15, 0.2) is 71.6 Å². The summed E-state index contributed by atoms with van der Waals surface area (Å²) in [6, 6.07) is 17.1. The third-order valence-electron chi connectivity index (χ3n) is 5.87. The van der Waals surface area contributed by atoms with Crippen molar-refractivity contribution in [1.29, 1.82) is 0 Å². The van der Waals surface area contributed by atoms with Gasteiger partial charge in [0, 0.05) is 0 Å². The molecule has 1 aliphatic rings. The monoisotopic (exact) mass is 496 g/mol. The lowest BCUT2D eigenvalue weighted by atomic mass is 9.88.